The fraction of sp³-hybridized carbons (Fsp3) is 0.500. The van der Waals surface area contributed by atoms with Crippen LogP contribution in [0.3, 0.4) is 0 Å². The highest BCUT2D eigenvalue weighted by Gasteiger charge is 2.45. The fourth-order valence-electron chi connectivity index (χ4n) is 5.82. The molecule has 13 heteroatoms. The van der Waals surface area contributed by atoms with Crippen LogP contribution in [-0.4, -0.2) is 66.0 Å². The van der Waals surface area contributed by atoms with Gasteiger partial charge in [-0.15, -0.1) is 0 Å². The van der Waals surface area contributed by atoms with Crippen LogP contribution < -0.4 is 5.32 Å². The molecule has 222 valence electrons. The first-order chi connectivity index (χ1) is 19.4. The lowest BCUT2D eigenvalue weighted by molar-refractivity contribution is -0.142. The Morgan fingerprint density at radius 2 is 1.61 bits per heavy atom. The smallest absolute Gasteiger partial charge is 0.350 e. The number of alkyl halides is 3. The molecule has 0 radical (unpaired) electrons. The van der Waals surface area contributed by atoms with Crippen LogP contribution in [0, 0.1) is 5.92 Å². The van der Waals surface area contributed by atoms with Gasteiger partial charge in [-0.3, -0.25) is 9.59 Å². The van der Waals surface area contributed by atoms with E-state index in [1.807, 2.05) is 12.1 Å². The molecule has 3 fully saturated rings. The van der Waals surface area contributed by atoms with E-state index in [2.05, 4.69) is 5.32 Å². The minimum atomic E-state index is -4.44. The minimum Gasteiger partial charge on any atom is -0.350 e. The summed E-state index contributed by atoms with van der Waals surface area (Å²) < 4.78 is 68.4. The van der Waals surface area contributed by atoms with E-state index < -0.39 is 33.9 Å². The molecule has 3 atom stereocenters. The number of benzene rings is 2. The summed E-state index contributed by atoms with van der Waals surface area (Å²) in [4.78, 5) is 28.1. The minimum absolute atomic E-state index is 0.0373. The van der Waals surface area contributed by atoms with E-state index in [0.717, 1.165) is 17.7 Å². The lowest BCUT2D eigenvalue weighted by Gasteiger charge is -2.44. The predicted molar refractivity (Wildman–Crippen MR) is 147 cm³/mol. The average Bonchev–Trinajstić information content (AvgIpc) is 3.42. The number of amides is 2. The first-order valence-corrected chi connectivity index (χ1v) is 15.5. The van der Waals surface area contributed by atoms with Crippen LogP contribution in [0.4, 0.5) is 13.2 Å². The zero-order valence-electron chi connectivity index (χ0n) is 22.3. The molecule has 2 aromatic carbocycles. The molecule has 0 aromatic heterocycles. The summed E-state index contributed by atoms with van der Waals surface area (Å²) in [5.41, 5.74) is 0.618. The average molecular weight is 613 g/mol. The van der Waals surface area contributed by atoms with Crippen LogP contribution in [0.15, 0.2) is 48.5 Å². The maximum Gasteiger partial charge on any atom is 0.416 e. The van der Waals surface area contributed by atoms with Gasteiger partial charge in [0, 0.05) is 37.7 Å². The van der Waals surface area contributed by atoms with Crippen molar-refractivity contribution in [3.63, 3.8) is 0 Å². The van der Waals surface area contributed by atoms with Crippen molar-refractivity contribution in [1.82, 2.24) is 18.8 Å². The van der Waals surface area contributed by atoms with E-state index in [1.54, 1.807) is 12.1 Å². The molecule has 41 heavy (non-hydrogen) atoms. The molecule has 2 amide bonds. The molecule has 5 rings (SSSR count). The van der Waals surface area contributed by atoms with Crippen LogP contribution in [0.1, 0.15) is 54.8 Å². The Bertz CT molecular complexity index is 1370. The normalized spacial score (nSPS) is 24.2. The number of rotatable bonds is 7. The van der Waals surface area contributed by atoms with Gasteiger partial charge in [0.1, 0.15) is 6.04 Å². The molecule has 3 aliphatic heterocycles. The molecule has 2 aromatic rings. The topological polar surface area (TPSA) is 90.0 Å². The van der Waals surface area contributed by atoms with Gasteiger partial charge in [0.15, 0.2) is 0 Å². The van der Waals surface area contributed by atoms with Gasteiger partial charge in [-0.2, -0.15) is 30.2 Å². The molecular formula is C28H32ClF3N4O4S. The quantitative estimate of drug-likeness (QED) is 0.503. The van der Waals surface area contributed by atoms with Crippen molar-refractivity contribution < 1.29 is 31.2 Å². The van der Waals surface area contributed by atoms with E-state index >= 15 is 0 Å². The van der Waals surface area contributed by atoms with Gasteiger partial charge in [-0.25, -0.2) is 0 Å². The van der Waals surface area contributed by atoms with Crippen molar-refractivity contribution in [2.45, 2.75) is 56.9 Å². The molecule has 1 N–H and O–H groups in total. The molecule has 8 nitrogen and oxygen atoms in total. The molecule has 3 saturated heterocycles. The number of piperidine rings is 1. The van der Waals surface area contributed by atoms with Gasteiger partial charge in [-0.1, -0.05) is 35.9 Å². The number of nitrogens with zero attached hydrogens (tertiary/aromatic N) is 3. The monoisotopic (exact) mass is 612 g/mol. The van der Waals surface area contributed by atoms with Gasteiger partial charge < -0.3 is 10.2 Å². The summed E-state index contributed by atoms with van der Waals surface area (Å²) in [6, 6.07) is 10.7. The number of halogens is 4. The maximum absolute atomic E-state index is 13.6. The van der Waals surface area contributed by atoms with E-state index in [9.17, 15) is 31.2 Å². The van der Waals surface area contributed by atoms with E-state index in [-0.39, 0.29) is 30.9 Å². The summed E-state index contributed by atoms with van der Waals surface area (Å²) in [7, 11) is -3.79. The van der Waals surface area contributed by atoms with Crippen molar-refractivity contribution in [2.24, 2.45) is 5.92 Å². The Balaban J connectivity index is 1.19. The second-order valence-corrected chi connectivity index (χ2v) is 13.1. The maximum atomic E-state index is 13.6. The first-order valence-electron chi connectivity index (χ1n) is 13.7. The zero-order chi connectivity index (χ0) is 29.4. The summed E-state index contributed by atoms with van der Waals surface area (Å²) in [6.07, 6.45) is -1.57. The van der Waals surface area contributed by atoms with Gasteiger partial charge in [-0.05, 0) is 67.5 Å². The fourth-order valence-corrected chi connectivity index (χ4v) is 7.85. The molecule has 0 spiro atoms. The number of carbonyl (C=O) groups is 2. The Labute approximate surface area is 242 Å². The van der Waals surface area contributed by atoms with Gasteiger partial charge in [0.25, 0.3) is 10.2 Å². The molecule has 3 heterocycles. The van der Waals surface area contributed by atoms with Gasteiger partial charge in [0.2, 0.25) is 11.8 Å². The van der Waals surface area contributed by atoms with Crippen LogP contribution in [-0.2, 0) is 32.5 Å². The zero-order valence-corrected chi connectivity index (χ0v) is 23.9. The Morgan fingerprint density at radius 3 is 2.24 bits per heavy atom. The first kappa shape index (κ1) is 29.8. The van der Waals surface area contributed by atoms with Crippen molar-refractivity contribution >= 4 is 33.6 Å². The predicted octanol–water partition coefficient (Wildman–Crippen LogP) is 4.37. The van der Waals surface area contributed by atoms with Gasteiger partial charge in [0.05, 0.1) is 17.5 Å². The Hall–Kier alpha value is -2.67. The van der Waals surface area contributed by atoms with Crippen molar-refractivity contribution in [3.8, 4) is 0 Å². The Morgan fingerprint density at radius 1 is 0.927 bits per heavy atom. The van der Waals surface area contributed by atoms with Crippen LogP contribution >= 0.6 is 11.6 Å². The van der Waals surface area contributed by atoms with Crippen LogP contribution in [0.5, 0.6) is 0 Å². The summed E-state index contributed by atoms with van der Waals surface area (Å²) in [5.74, 6) is -1.17. The second kappa shape index (κ2) is 11.9. The van der Waals surface area contributed by atoms with Crippen molar-refractivity contribution in [3.05, 3.63) is 70.2 Å². The molecule has 0 aliphatic carbocycles. The lowest BCUT2D eigenvalue weighted by atomic mass is 9.97. The lowest BCUT2D eigenvalue weighted by Crippen LogP contribution is -2.56. The summed E-state index contributed by atoms with van der Waals surface area (Å²) >= 11 is 5.98. The SMILES string of the molecule is O=C(NCc1ccc(C(F)(F)F)cc1)[C@H]1CCCN1C(=O)[C@H]1CCCN(S(=O)(=O)N2CC[C@H]2c2ccc(Cl)cc2)C1. The summed E-state index contributed by atoms with van der Waals surface area (Å²) in [6.45, 7) is 1.22. The molecule has 3 aliphatic rings. The number of hydrogen-bond donors (Lipinski definition) is 1. The third-order valence-electron chi connectivity index (χ3n) is 8.17. The Kier molecular flexibility index (Phi) is 8.66. The third kappa shape index (κ3) is 6.40. The molecule has 0 unspecified atom stereocenters. The molecule has 0 bridgehead atoms. The number of carbonyl (C=O) groups excluding carboxylic acids is 2. The number of hydrogen-bond acceptors (Lipinski definition) is 4. The van der Waals surface area contributed by atoms with Crippen LogP contribution in [0.25, 0.3) is 0 Å². The van der Waals surface area contributed by atoms with Crippen molar-refractivity contribution in [1.29, 1.82) is 0 Å². The highest BCUT2D eigenvalue weighted by atomic mass is 35.5. The second-order valence-electron chi connectivity index (χ2n) is 10.8. The van der Waals surface area contributed by atoms with Crippen molar-refractivity contribution in [2.75, 3.05) is 26.2 Å². The summed E-state index contributed by atoms with van der Waals surface area (Å²) in [5, 5.41) is 3.32. The number of likely N-dealkylation sites (tertiary alicyclic amines) is 1. The molecule has 0 saturated carbocycles. The molecular weight excluding hydrogens is 581 g/mol. The van der Waals surface area contributed by atoms with E-state index in [0.29, 0.717) is 62.3 Å². The largest absolute Gasteiger partial charge is 0.416 e. The highest BCUT2D eigenvalue weighted by Crippen LogP contribution is 2.38. The third-order valence-corrected chi connectivity index (χ3v) is 10.4. The van der Waals surface area contributed by atoms with Gasteiger partial charge >= 0.3 is 6.18 Å². The highest BCUT2D eigenvalue weighted by molar-refractivity contribution is 7.86. The van der Waals surface area contributed by atoms with E-state index in [4.69, 9.17) is 11.6 Å². The van der Waals surface area contributed by atoms with Crippen LogP contribution in [0.2, 0.25) is 5.02 Å². The standard InChI is InChI=1S/C28H32ClF3N4O4S/c29-23-11-7-20(8-12-23)24-13-16-36(24)41(39,40)34-14-1-3-21(18-34)27(38)35-15-2-4-25(35)26(37)33-17-19-5-9-22(10-6-19)28(30,31)32/h5-12,21,24-25H,1-4,13-18H2,(H,33,37)/t21-,24-,25+/m0/s1. The number of nitrogens with one attached hydrogen (secondary N) is 1. The van der Waals surface area contributed by atoms with E-state index in [1.165, 1.54) is 25.6 Å².